The molecule has 1 atom stereocenters. The van der Waals surface area contributed by atoms with E-state index in [0.717, 1.165) is 25.7 Å². The second-order valence-corrected chi connectivity index (χ2v) is 8.60. The molecule has 0 bridgehead atoms. The van der Waals surface area contributed by atoms with Crippen molar-refractivity contribution < 1.29 is 17.7 Å². The Balaban J connectivity index is 1.88. The highest BCUT2D eigenvalue weighted by Crippen LogP contribution is 2.39. The molecule has 0 N–H and O–H groups in total. The largest absolute Gasteiger partial charge is 0.361 e. The van der Waals surface area contributed by atoms with E-state index in [1.807, 2.05) is 0 Å². The summed E-state index contributed by atoms with van der Waals surface area (Å²) in [6, 6.07) is 0. The van der Waals surface area contributed by atoms with Crippen LogP contribution in [-0.4, -0.2) is 60.1 Å². The van der Waals surface area contributed by atoms with E-state index >= 15 is 0 Å². The van der Waals surface area contributed by atoms with Crippen LogP contribution in [0.2, 0.25) is 0 Å². The Morgan fingerprint density at radius 1 is 1.22 bits per heavy atom. The van der Waals surface area contributed by atoms with E-state index in [1.54, 1.807) is 23.1 Å². The first-order valence-electron chi connectivity index (χ1n) is 7.95. The molecule has 2 aliphatic rings. The molecule has 7 nitrogen and oxygen atoms in total. The summed E-state index contributed by atoms with van der Waals surface area (Å²) in [5, 5.41) is 3.85. The van der Waals surface area contributed by atoms with Crippen molar-refractivity contribution in [1.29, 1.82) is 0 Å². The maximum Gasteiger partial charge on any atom is 0.259 e. The lowest BCUT2D eigenvalue weighted by Gasteiger charge is -2.44. The number of rotatable bonds is 2. The second kappa shape index (κ2) is 5.59. The molecule has 2 fully saturated rings. The molecule has 3 heterocycles. The van der Waals surface area contributed by atoms with Gasteiger partial charge in [0.2, 0.25) is 10.0 Å². The normalized spacial score (nSPS) is 26.1. The number of carbonyl (C=O) groups excluding carboxylic acids is 1. The van der Waals surface area contributed by atoms with Gasteiger partial charge in [-0.3, -0.25) is 4.79 Å². The maximum absolute atomic E-state index is 12.9. The summed E-state index contributed by atoms with van der Waals surface area (Å²) in [5.41, 5.74) is 0.643. The fourth-order valence-electron chi connectivity index (χ4n) is 4.07. The van der Waals surface area contributed by atoms with Gasteiger partial charge < -0.3 is 9.42 Å². The summed E-state index contributed by atoms with van der Waals surface area (Å²) < 4.78 is 30.9. The highest BCUT2D eigenvalue weighted by atomic mass is 32.2. The van der Waals surface area contributed by atoms with E-state index in [0.29, 0.717) is 36.7 Å². The number of hydrogen-bond acceptors (Lipinski definition) is 5. The number of hydrogen-bond donors (Lipinski definition) is 0. The van der Waals surface area contributed by atoms with Crippen LogP contribution < -0.4 is 0 Å². The molecule has 0 radical (unpaired) electrons. The average molecular weight is 341 g/mol. The van der Waals surface area contributed by atoms with E-state index in [1.165, 1.54) is 6.26 Å². The zero-order chi connectivity index (χ0) is 16.8. The van der Waals surface area contributed by atoms with Crippen molar-refractivity contribution >= 4 is 15.9 Å². The zero-order valence-corrected chi connectivity index (χ0v) is 14.6. The molecule has 1 spiro atoms. The molecule has 1 aromatic rings. The summed E-state index contributed by atoms with van der Waals surface area (Å²) in [4.78, 5) is 14.6. The summed E-state index contributed by atoms with van der Waals surface area (Å²) >= 11 is 0. The van der Waals surface area contributed by atoms with E-state index < -0.39 is 15.6 Å². The third-order valence-corrected chi connectivity index (χ3v) is 6.39. The third-order valence-electron chi connectivity index (χ3n) is 5.02. The van der Waals surface area contributed by atoms with E-state index in [9.17, 15) is 13.2 Å². The number of amides is 1. The Morgan fingerprint density at radius 2 is 1.87 bits per heavy atom. The number of nitrogens with zero attached hydrogens (tertiary/aromatic N) is 3. The lowest BCUT2D eigenvalue weighted by molar-refractivity contribution is 0.0522. The van der Waals surface area contributed by atoms with Crippen molar-refractivity contribution in [2.45, 2.75) is 45.1 Å². The minimum absolute atomic E-state index is 0.110. The highest BCUT2D eigenvalue weighted by Gasteiger charge is 2.49. The molecule has 3 rings (SSSR count). The fourth-order valence-corrected chi connectivity index (χ4v) is 5.48. The topological polar surface area (TPSA) is 83.7 Å². The Labute approximate surface area is 136 Å². The Hall–Kier alpha value is -1.41. The van der Waals surface area contributed by atoms with Gasteiger partial charge in [-0.1, -0.05) is 5.16 Å². The van der Waals surface area contributed by atoms with Crippen LogP contribution in [0.3, 0.4) is 0 Å². The van der Waals surface area contributed by atoms with Gasteiger partial charge in [-0.15, -0.1) is 0 Å². The molecule has 128 valence electrons. The van der Waals surface area contributed by atoms with E-state index in [-0.39, 0.29) is 5.91 Å². The highest BCUT2D eigenvalue weighted by molar-refractivity contribution is 7.88. The first-order valence-corrected chi connectivity index (χ1v) is 9.79. The molecule has 2 saturated heterocycles. The fraction of sp³-hybridized carbons (Fsp3) is 0.733. The number of sulfonamides is 1. The van der Waals surface area contributed by atoms with Gasteiger partial charge >= 0.3 is 0 Å². The number of aryl methyl sites for hydroxylation is 2. The van der Waals surface area contributed by atoms with E-state index in [2.05, 4.69) is 5.16 Å². The standard InChI is InChI=1S/C15H23N3O4S/c1-11-13(12(2)22-16-11)14(19)17-8-4-6-15(10-17)7-5-9-18(15)23(3,20)21/h4-10H2,1-3H3/t15-/m0/s1. The van der Waals surface area contributed by atoms with Crippen molar-refractivity contribution in [3.63, 3.8) is 0 Å². The molecule has 0 unspecified atom stereocenters. The Kier molecular flexibility index (Phi) is 4.00. The van der Waals surface area contributed by atoms with Crippen molar-refractivity contribution in [3.05, 3.63) is 17.0 Å². The van der Waals surface area contributed by atoms with Crippen LogP contribution in [0.25, 0.3) is 0 Å². The summed E-state index contributed by atoms with van der Waals surface area (Å²) in [6.07, 6.45) is 4.54. The number of piperidine rings is 1. The van der Waals surface area contributed by atoms with Crippen LogP contribution in [0, 0.1) is 13.8 Å². The number of carbonyl (C=O) groups is 1. The lowest BCUT2D eigenvalue weighted by Crippen LogP contribution is -2.58. The monoisotopic (exact) mass is 341 g/mol. The van der Waals surface area contributed by atoms with Crippen LogP contribution in [0.1, 0.15) is 47.5 Å². The molecular weight excluding hydrogens is 318 g/mol. The van der Waals surface area contributed by atoms with Crippen molar-refractivity contribution in [2.24, 2.45) is 0 Å². The first-order chi connectivity index (χ1) is 10.7. The predicted octanol–water partition coefficient (Wildman–Crippen LogP) is 1.32. The minimum atomic E-state index is -3.27. The number of aromatic nitrogens is 1. The summed E-state index contributed by atoms with van der Waals surface area (Å²) in [6.45, 7) is 5.12. The lowest BCUT2D eigenvalue weighted by atomic mass is 9.87. The van der Waals surface area contributed by atoms with Gasteiger partial charge in [-0.25, -0.2) is 8.42 Å². The predicted molar refractivity (Wildman–Crippen MR) is 84.6 cm³/mol. The molecule has 1 amide bonds. The maximum atomic E-state index is 12.9. The molecule has 23 heavy (non-hydrogen) atoms. The summed E-state index contributed by atoms with van der Waals surface area (Å²) in [7, 11) is -3.27. The smallest absolute Gasteiger partial charge is 0.259 e. The van der Waals surface area contributed by atoms with Gasteiger partial charge in [0.15, 0.2) is 0 Å². The minimum Gasteiger partial charge on any atom is -0.361 e. The molecular formula is C15H23N3O4S. The number of likely N-dealkylation sites (tertiary alicyclic amines) is 1. The molecule has 0 aliphatic carbocycles. The SMILES string of the molecule is Cc1noc(C)c1C(=O)N1CCC[C@]2(CCCN2S(C)(=O)=O)C1. The van der Waals surface area contributed by atoms with Crippen LogP contribution in [-0.2, 0) is 10.0 Å². The van der Waals surface area contributed by atoms with Crippen LogP contribution in [0.4, 0.5) is 0 Å². The summed E-state index contributed by atoms with van der Waals surface area (Å²) in [5.74, 6) is 0.402. The zero-order valence-electron chi connectivity index (χ0n) is 13.8. The quantitative estimate of drug-likeness (QED) is 0.810. The van der Waals surface area contributed by atoms with Crippen LogP contribution >= 0.6 is 0 Å². The van der Waals surface area contributed by atoms with Gasteiger partial charge in [0.25, 0.3) is 5.91 Å². The third kappa shape index (κ3) is 2.78. The van der Waals surface area contributed by atoms with Gasteiger partial charge in [0.05, 0.1) is 17.5 Å². The molecule has 2 aliphatic heterocycles. The van der Waals surface area contributed by atoms with Gasteiger partial charge in [0.1, 0.15) is 11.3 Å². The Morgan fingerprint density at radius 3 is 2.43 bits per heavy atom. The molecule has 0 aromatic carbocycles. The average Bonchev–Trinajstić information content (AvgIpc) is 3.02. The van der Waals surface area contributed by atoms with Crippen molar-refractivity contribution in [3.8, 4) is 0 Å². The molecule has 8 heteroatoms. The van der Waals surface area contributed by atoms with Gasteiger partial charge in [0, 0.05) is 19.6 Å². The van der Waals surface area contributed by atoms with Gasteiger partial charge in [-0.05, 0) is 39.5 Å². The van der Waals surface area contributed by atoms with Crippen molar-refractivity contribution in [1.82, 2.24) is 14.4 Å². The van der Waals surface area contributed by atoms with Crippen LogP contribution in [0.15, 0.2) is 4.52 Å². The van der Waals surface area contributed by atoms with Crippen molar-refractivity contribution in [2.75, 3.05) is 25.9 Å². The second-order valence-electron chi connectivity index (χ2n) is 6.69. The first kappa shape index (κ1) is 16.4. The van der Waals surface area contributed by atoms with Crippen LogP contribution in [0.5, 0.6) is 0 Å². The van der Waals surface area contributed by atoms with Gasteiger partial charge in [-0.2, -0.15) is 4.31 Å². The molecule has 1 aromatic heterocycles. The molecule has 0 saturated carbocycles. The Bertz CT molecular complexity index is 708. The van der Waals surface area contributed by atoms with E-state index in [4.69, 9.17) is 4.52 Å².